The number of aryl methyl sites for hydroxylation is 1. The minimum absolute atomic E-state index is 0.00973. The van der Waals surface area contributed by atoms with Gasteiger partial charge >= 0.3 is 6.85 Å². The maximum atomic E-state index is 6.75. The topological polar surface area (TPSA) is 21.3 Å². The van der Waals surface area contributed by atoms with Crippen LogP contribution in [0.2, 0.25) is 0 Å². The quantitative estimate of drug-likeness (QED) is 0.184. The van der Waals surface area contributed by atoms with Gasteiger partial charge in [0.1, 0.15) is 11.2 Å². The average Bonchev–Trinajstić information content (AvgIpc) is 3.68. The molecule has 0 aliphatic carbocycles. The van der Waals surface area contributed by atoms with Crippen LogP contribution in [0.1, 0.15) is 25.3 Å². The molecule has 2 aromatic heterocycles. The van der Waals surface area contributed by atoms with Crippen LogP contribution < -0.4 is 15.8 Å². The Bertz CT molecular complexity index is 2800. The zero-order chi connectivity index (χ0) is 31.5. The first-order valence-electron chi connectivity index (χ1n) is 17.2. The van der Waals surface area contributed by atoms with E-state index in [-0.39, 0.29) is 6.85 Å². The molecule has 0 fully saturated rings. The Morgan fingerprint density at radius 2 is 1.42 bits per heavy atom. The molecule has 0 saturated carbocycles. The van der Waals surface area contributed by atoms with Crippen molar-refractivity contribution in [2.75, 3.05) is 4.90 Å². The molecular formula is C44H31BN2O. The maximum absolute atomic E-state index is 6.75. The molecule has 0 radical (unpaired) electrons. The highest BCUT2D eigenvalue weighted by atomic mass is 16.3. The third kappa shape index (κ3) is 3.39. The normalized spacial score (nSPS) is 13.3. The van der Waals surface area contributed by atoms with Gasteiger partial charge in [0.05, 0.1) is 0 Å². The molecule has 0 N–H and O–H groups in total. The molecule has 0 spiro atoms. The highest BCUT2D eigenvalue weighted by molar-refractivity contribution is 6.90. The van der Waals surface area contributed by atoms with E-state index in [9.17, 15) is 0 Å². The second-order valence-corrected chi connectivity index (χ2v) is 13.5. The first-order chi connectivity index (χ1) is 23.8. The number of hydrogen-bond acceptors (Lipinski definition) is 2. The van der Waals surface area contributed by atoms with Gasteiger partial charge in [0.15, 0.2) is 0 Å². The number of anilines is 3. The van der Waals surface area contributed by atoms with Crippen molar-refractivity contribution in [3.63, 3.8) is 0 Å². The predicted molar refractivity (Wildman–Crippen MR) is 203 cm³/mol. The number of aromatic nitrogens is 1. The highest BCUT2D eigenvalue weighted by Gasteiger charge is 2.44. The highest BCUT2D eigenvalue weighted by Crippen LogP contribution is 2.49. The summed E-state index contributed by atoms with van der Waals surface area (Å²) in [6.45, 7) is 2.26. The fraction of sp³-hybridized carbons (Fsp3) is 0.0909. The molecule has 0 saturated heterocycles. The van der Waals surface area contributed by atoms with Crippen molar-refractivity contribution in [3.8, 4) is 11.1 Å². The fourth-order valence-electron chi connectivity index (χ4n) is 8.87. The van der Waals surface area contributed by atoms with Crippen LogP contribution in [-0.2, 0) is 6.42 Å². The summed E-state index contributed by atoms with van der Waals surface area (Å²) in [5, 5.41) is 7.48. The van der Waals surface area contributed by atoms with Gasteiger partial charge in [-0.25, -0.2) is 0 Å². The van der Waals surface area contributed by atoms with Crippen LogP contribution in [0, 0.1) is 0 Å². The summed E-state index contributed by atoms with van der Waals surface area (Å²) < 4.78 is 9.39. The van der Waals surface area contributed by atoms with E-state index in [1.165, 1.54) is 101 Å². The molecule has 4 heterocycles. The molecule has 11 rings (SSSR count). The number of fused-ring (bicyclic) bond motifs is 12. The summed E-state index contributed by atoms with van der Waals surface area (Å²) in [4.78, 5) is 2.52. The summed E-state index contributed by atoms with van der Waals surface area (Å²) in [5.74, 6) is 0. The molecule has 9 aromatic rings. The smallest absolute Gasteiger partial charge is 0.333 e. The Morgan fingerprint density at radius 3 is 2.31 bits per heavy atom. The fourth-order valence-corrected chi connectivity index (χ4v) is 8.87. The molecule has 0 unspecified atom stereocenters. The van der Waals surface area contributed by atoms with Crippen molar-refractivity contribution in [3.05, 3.63) is 139 Å². The van der Waals surface area contributed by atoms with E-state index < -0.39 is 0 Å². The van der Waals surface area contributed by atoms with Crippen LogP contribution in [0.4, 0.5) is 17.1 Å². The van der Waals surface area contributed by atoms with Gasteiger partial charge in [0.2, 0.25) is 0 Å². The second-order valence-electron chi connectivity index (χ2n) is 13.5. The Balaban J connectivity index is 1.36. The SMILES string of the molecule is CCCCc1cccc(N2c3cc4ccccc4cc3B3c4c2cc2oc5ccccc5c2c4-c2cccc4c5ccccc5n3c24)c1. The van der Waals surface area contributed by atoms with E-state index in [0.717, 1.165) is 17.6 Å². The average molecular weight is 615 g/mol. The number of hydrogen-bond donors (Lipinski definition) is 0. The van der Waals surface area contributed by atoms with Crippen molar-refractivity contribution in [2.24, 2.45) is 0 Å². The van der Waals surface area contributed by atoms with E-state index in [1.807, 2.05) is 0 Å². The minimum atomic E-state index is -0.00973. The lowest BCUT2D eigenvalue weighted by Gasteiger charge is -2.41. The lowest BCUT2D eigenvalue weighted by Crippen LogP contribution is -2.56. The van der Waals surface area contributed by atoms with E-state index in [4.69, 9.17) is 4.42 Å². The maximum Gasteiger partial charge on any atom is 0.333 e. The Labute approximate surface area is 278 Å². The van der Waals surface area contributed by atoms with Gasteiger partial charge in [-0.15, -0.1) is 0 Å². The van der Waals surface area contributed by atoms with E-state index in [0.29, 0.717) is 0 Å². The van der Waals surface area contributed by atoms with E-state index in [1.54, 1.807) is 0 Å². The van der Waals surface area contributed by atoms with Crippen LogP contribution in [0.25, 0.3) is 65.6 Å². The molecule has 0 amide bonds. The Hall–Kier alpha value is -5.74. The van der Waals surface area contributed by atoms with Crippen molar-refractivity contribution < 1.29 is 4.42 Å². The lowest BCUT2D eigenvalue weighted by molar-refractivity contribution is 0.669. The molecule has 2 aliphatic rings. The number of unbranched alkanes of at least 4 members (excludes halogenated alkanes) is 1. The number of furan rings is 1. The summed E-state index contributed by atoms with van der Waals surface area (Å²) in [6, 6.07) is 49.6. The molecule has 2 aliphatic heterocycles. The molecule has 0 atom stereocenters. The van der Waals surface area contributed by atoms with E-state index >= 15 is 0 Å². The van der Waals surface area contributed by atoms with E-state index in [2.05, 4.69) is 150 Å². The molecule has 226 valence electrons. The largest absolute Gasteiger partial charge is 0.456 e. The predicted octanol–water partition coefficient (Wildman–Crippen LogP) is 10.6. The van der Waals surface area contributed by atoms with Crippen LogP contribution in [0.15, 0.2) is 138 Å². The molecule has 4 heteroatoms. The second kappa shape index (κ2) is 9.65. The van der Waals surface area contributed by atoms with Crippen molar-refractivity contribution in [1.29, 1.82) is 0 Å². The van der Waals surface area contributed by atoms with Crippen LogP contribution in [-0.4, -0.2) is 11.3 Å². The first kappa shape index (κ1) is 26.3. The zero-order valence-electron chi connectivity index (χ0n) is 26.7. The molecule has 0 bridgehead atoms. The molecule has 7 aromatic carbocycles. The monoisotopic (exact) mass is 614 g/mol. The standard InChI is InChI=1S/C44H31BN2O/c1-2-3-12-27-13-10-16-30(23-27)46-37-25-29-15-5-4-14-28(29)24-35(37)45-43-38(46)26-40-41(33-18-7-9-22-39(33)48-40)42(43)34-20-11-19-32-31-17-6-8-21-36(31)47(45)44(32)34/h4-11,13-26H,2-3,12H2,1H3. The summed E-state index contributed by atoms with van der Waals surface area (Å²) in [5.41, 5.74) is 14.7. The molecular weight excluding hydrogens is 583 g/mol. The van der Waals surface area contributed by atoms with Gasteiger partial charge < -0.3 is 13.8 Å². The third-order valence-corrected chi connectivity index (χ3v) is 10.9. The van der Waals surface area contributed by atoms with Crippen LogP contribution in [0.3, 0.4) is 0 Å². The summed E-state index contributed by atoms with van der Waals surface area (Å²) >= 11 is 0. The van der Waals surface area contributed by atoms with Gasteiger partial charge in [-0.05, 0) is 76.0 Å². The Morgan fingerprint density at radius 1 is 0.646 bits per heavy atom. The van der Waals surface area contributed by atoms with Crippen molar-refractivity contribution >= 4 is 89.4 Å². The number of rotatable bonds is 4. The van der Waals surface area contributed by atoms with Gasteiger partial charge in [0.25, 0.3) is 0 Å². The molecule has 3 nitrogen and oxygen atoms in total. The Kier molecular flexibility index (Phi) is 5.30. The van der Waals surface area contributed by atoms with Gasteiger partial charge in [-0.2, -0.15) is 0 Å². The van der Waals surface area contributed by atoms with Crippen LogP contribution in [0.5, 0.6) is 0 Å². The first-order valence-corrected chi connectivity index (χ1v) is 17.2. The molecule has 48 heavy (non-hydrogen) atoms. The number of para-hydroxylation sites is 3. The van der Waals surface area contributed by atoms with Crippen molar-refractivity contribution in [1.82, 2.24) is 4.48 Å². The van der Waals surface area contributed by atoms with Gasteiger partial charge in [0, 0.05) is 61.3 Å². The lowest BCUT2D eigenvalue weighted by atomic mass is 9.44. The third-order valence-electron chi connectivity index (χ3n) is 10.9. The van der Waals surface area contributed by atoms with Crippen molar-refractivity contribution in [2.45, 2.75) is 26.2 Å². The minimum Gasteiger partial charge on any atom is -0.456 e. The summed E-state index contributed by atoms with van der Waals surface area (Å²) in [7, 11) is 0. The summed E-state index contributed by atoms with van der Waals surface area (Å²) in [6.07, 6.45) is 3.44. The van der Waals surface area contributed by atoms with Crippen LogP contribution >= 0.6 is 0 Å². The number of nitrogens with zero attached hydrogens (tertiary/aromatic N) is 2. The van der Waals surface area contributed by atoms with Gasteiger partial charge in [-0.1, -0.05) is 110 Å². The number of benzene rings is 7. The zero-order valence-corrected chi connectivity index (χ0v) is 26.7. The van der Waals surface area contributed by atoms with Gasteiger partial charge in [-0.3, -0.25) is 0 Å².